The van der Waals surface area contributed by atoms with Gasteiger partial charge in [0.05, 0.1) is 11.1 Å². The fourth-order valence-corrected chi connectivity index (χ4v) is 3.73. The van der Waals surface area contributed by atoms with E-state index < -0.39 is 12.0 Å². The molecule has 1 unspecified atom stereocenters. The number of primary amides is 1. The van der Waals surface area contributed by atoms with Gasteiger partial charge in [-0.05, 0) is 36.1 Å². The minimum absolute atomic E-state index is 0.0737. The van der Waals surface area contributed by atoms with Crippen LogP contribution >= 0.6 is 0 Å². The molecule has 1 aliphatic rings. The molecule has 4 rings (SSSR count). The third-order valence-corrected chi connectivity index (χ3v) is 5.14. The van der Waals surface area contributed by atoms with Gasteiger partial charge >= 0.3 is 6.09 Å². The van der Waals surface area contributed by atoms with Gasteiger partial charge in [0.2, 0.25) is 0 Å². The number of hydrogen-bond donors (Lipinski definition) is 3. The molecule has 0 bridgehead atoms. The molecule has 1 aliphatic heterocycles. The maximum Gasteiger partial charge on any atom is 0.407 e. The first-order valence-electron chi connectivity index (χ1n) is 9.41. The quantitative estimate of drug-likeness (QED) is 0.629. The Balaban J connectivity index is 1.77. The van der Waals surface area contributed by atoms with Gasteiger partial charge < -0.3 is 21.1 Å². The van der Waals surface area contributed by atoms with Crippen molar-refractivity contribution in [3.05, 3.63) is 54.4 Å². The Morgan fingerprint density at radius 1 is 1.14 bits per heavy atom. The number of carboxylic acid groups (broad SMARTS) is 1. The lowest BCUT2D eigenvalue weighted by atomic mass is 9.99. The number of nitrogens with one attached hydrogen (secondary N) is 1. The smallest absolute Gasteiger partial charge is 0.407 e. The second-order valence-corrected chi connectivity index (χ2v) is 7.08. The molecule has 0 saturated carbocycles. The third kappa shape index (κ3) is 3.82. The highest BCUT2D eigenvalue weighted by Crippen LogP contribution is 2.30. The van der Waals surface area contributed by atoms with Gasteiger partial charge in [0, 0.05) is 24.5 Å². The molecule has 0 spiro atoms. The van der Waals surface area contributed by atoms with Crippen LogP contribution < -0.4 is 11.1 Å². The second kappa shape index (κ2) is 7.75. The van der Waals surface area contributed by atoms with E-state index >= 15 is 0 Å². The number of fused-ring (bicyclic) bond motifs is 1. The number of hydrogen-bond acceptors (Lipinski definition) is 5. The van der Waals surface area contributed by atoms with Crippen molar-refractivity contribution in [1.82, 2.24) is 14.9 Å². The van der Waals surface area contributed by atoms with E-state index in [4.69, 9.17) is 5.73 Å². The molecule has 1 fully saturated rings. The van der Waals surface area contributed by atoms with Crippen LogP contribution in [0.15, 0.2) is 48.8 Å². The molecule has 2 heterocycles. The van der Waals surface area contributed by atoms with Crippen LogP contribution in [0.3, 0.4) is 0 Å². The van der Waals surface area contributed by atoms with E-state index in [9.17, 15) is 14.7 Å². The molecule has 2 aromatic carbocycles. The van der Waals surface area contributed by atoms with Gasteiger partial charge in [0.15, 0.2) is 0 Å². The molecular formula is C21H21N5O3. The number of anilines is 1. The van der Waals surface area contributed by atoms with Crippen LogP contribution in [0.4, 0.5) is 10.6 Å². The fourth-order valence-electron chi connectivity index (χ4n) is 3.73. The number of aromatic nitrogens is 2. The lowest BCUT2D eigenvalue weighted by molar-refractivity contribution is 0.100. The van der Waals surface area contributed by atoms with Gasteiger partial charge in [0.25, 0.3) is 5.91 Å². The third-order valence-electron chi connectivity index (χ3n) is 5.14. The van der Waals surface area contributed by atoms with Gasteiger partial charge in [-0.1, -0.05) is 30.3 Å². The van der Waals surface area contributed by atoms with Crippen molar-refractivity contribution >= 4 is 28.7 Å². The van der Waals surface area contributed by atoms with Crippen LogP contribution in [0.1, 0.15) is 23.2 Å². The highest BCUT2D eigenvalue weighted by Gasteiger charge is 2.24. The Morgan fingerprint density at radius 2 is 1.93 bits per heavy atom. The van der Waals surface area contributed by atoms with Crippen LogP contribution in [0.25, 0.3) is 22.0 Å². The Bertz CT molecular complexity index is 1070. The molecule has 2 amide bonds. The monoisotopic (exact) mass is 391 g/mol. The zero-order valence-corrected chi connectivity index (χ0v) is 15.7. The molecule has 1 atom stereocenters. The maximum atomic E-state index is 12.1. The SMILES string of the molecule is NC(=O)c1cc(-c2ccccc2)cc2c(NC3CCCN(C(=O)O)C3)ncnc12. The topological polar surface area (TPSA) is 121 Å². The van der Waals surface area contributed by atoms with Gasteiger partial charge in [0.1, 0.15) is 12.1 Å². The molecule has 8 nitrogen and oxygen atoms in total. The highest BCUT2D eigenvalue weighted by atomic mass is 16.4. The van der Waals surface area contributed by atoms with E-state index in [0.29, 0.717) is 35.4 Å². The summed E-state index contributed by atoms with van der Waals surface area (Å²) in [4.78, 5) is 33.4. The minimum Gasteiger partial charge on any atom is -0.465 e. The number of amides is 2. The number of carbonyl (C=O) groups is 2. The van der Waals surface area contributed by atoms with E-state index in [1.165, 1.54) is 11.2 Å². The first-order chi connectivity index (χ1) is 14.0. The number of rotatable bonds is 4. The molecule has 1 aromatic heterocycles. The Kier molecular flexibility index (Phi) is 4.99. The minimum atomic E-state index is -0.925. The average Bonchev–Trinajstić information content (AvgIpc) is 2.74. The second-order valence-electron chi connectivity index (χ2n) is 7.08. The first-order valence-corrected chi connectivity index (χ1v) is 9.41. The van der Waals surface area contributed by atoms with Gasteiger partial charge in [-0.25, -0.2) is 14.8 Å². The standard InChI is InChI=1S/C21H21N5O3/c22-19(27)16-9-14(13-5-2-1-3-6-13)10-17-18(16)23-12-24-20(17)25-15-7-4-8-26(11-15)21(28)29/h1-3,5-6,9-10,12,15H,4,7-8,11H2,(H2,22,27)(H,28,29)(H,23,24,25). The van der Waals surface area contributed by atoms with Crippen LogP contribution in [0.5, 0.6) is 0 Å². The Morgan fingerprint density at radius 3 is 2.66 bits per heavy atom. The molecule has 0 aliphatic carbocycles. The molecule has 148 valence electrons. The highest BCUT2D eigenvalue weighted by molar-refractivity contribution is 6.08. The van der Waals surface area contributed by atoms with Crippen molar-refractivity contribution in [2.45, 2.75) is 18.9 Å². The predicted octanol–water partition coefficient (Wildman–Crippen LogP) is 2.95. The summed E-state index contributed by atoms with van der Waals surface area (Å²) in [6.45, 7) is 0.907. The summed E-state index contributed by atoms with van der Waals surface area (Å²) in [5.74, 6) is -0.000306. The zero-order chi connectivity index (χ0) is 20.4. The summed E-state index contributed by atoms with van der Waals surface area (Å²) < 4.78 is 0. The van der Waals surface area contributed by atoms with Crippen molar-refractivity contribution in [2.75, 3.05) is 18.4 Å². The number of likely N-dealkylation sites (tertiary alicyclic amines) is 1. The molecule has 0 radical (unpaired) electrons. The number of nitrogens with two attached hydrogens (primary N) is 1. The van der Waals surface area contributed by atoms with Crippen molar-refractivity contribution in [3.63, 3.8) is 0 Å². The number of carbonyl (C=O) groups excluding carboxylic acids is 1. The summed E-state index contributed by atoms with van der Waals surface area (Å²) in [7, 11) is 0. The van der Waals surface area contributed by atoms with E-state index in [2.05, 4.69) is 15.3 Å². The number of nitrogens with zero attached hydrogens (tertiary/aromatic N) is 3. The Hall–Kier alpha value is -3.68. The molecule has 8 heteroatoms. The molecule has 4 N–H and O–H groups in total. The summed E-state index contributed by atoms with van der Waals surface area (Å²) in [5.41, 5.74) is 8.20. The van der Waals surface area contributed by atoms with Gasteiger partial charge in [-0.3, -0.25) is 4.79 Å². The van der Waals surface area contributed by atoms with Crippen LogP contribution in [0, 0.1) is 0 Å². The molecular weight excluding hydrogens is 370 g/mol. The van der Waals surface area contributed by atoms with Crippen LogP contribution in [0.2, 0.25) is 0 Å². The fraction of sp³-hybridized carbons (Fsp3) is 0.238. The summed E-state index contributed by atoms with van der Waals surface area (Å²) in [5, 5.41) is 13.3. The normalized spacial score (nSPS) is 16.6. The average molecular weight is 391 g/mol. The van der Waals surface area contributed by atoms with Crippen LogP contribution in [-0.4, -0.2) is 51.1 Å². The summed E-state index contributed by atoms with van der Waals surface area (Å²) in [6, 6.07) is 13.3. The van der Waals surface area contributed by atoms with Crippen molar-refractivity contribution in [1.29, 1.82) is 0 Å². The summed E-state index contributed by atoms with van der Waals surface area (Å²) in [6.07, 6.45) is 2.06. The van der Waals surface area contributed by atoms with Crippen molar-refractivity contribution in [3.8, 4) is 11.1 Å². The molecule has 1 saturated heterocycles. The van der Waals surface area contributed by atoms with E-state index in [-0.39, 0.29) is 6.04 Å². The largest absolute Gasteiger partial charge is 0.465 e. The molecule has 29 heavy (non-hydrogen) atoms. The summed E-state index contributed by atoms with van der Waals surface area (Å²) >= 11 is 0. The predicted molar refractivity (Wildman–Crippen MR) is 110 cm³/mol. The number of piperidine rings is 1. The van der Waals surface area contributed by atoms with E-state index in [0.717, 1.165) is 24.0 Å². The van der Waals surface area contributed by atoms with Crippen LogP contribution in [-0.2, 0) is 0 Å². The Labute approximate surface area is 167 Å². The zero-order valence-electron chi connectivity index (χ0n) is 15.7. The maximum absolute atomic E-state index is 12.1. The molecule has 3 aromatic rings. The number of benzene rings is 2. The van der Waals surface area contributed by atoms with Crippen molar-refractivity contribution < 1.29 is 14.7 Å². The lowest BCUT2D eigenvalue weighted by Gasteiger charge is -2.31. The first kappa shape index (κ1) is 18.7. The lowest BCUT2D eigenvalue weighted by Crippen LogP contribution is -2.44. The van der Waals surface area contributed by atoms with E-state index in [1.54, 1.807) is 6.07 Å². The van der Waals surface area contributed by atoms with Gasteiger partial charge in [-0.2, -0.15) is 0 Å². The van der Waals surface area contributed by atoms with Gasteiger partial charge in [-0.15, -0.1) is 0 Å². The van der Waals surface area contributed by atoms with Crippen molar-refractivity contribution in [2.24, 2.45) is 5.73 Å². The van der Waals surface area contributed by atoms with E-state index in [1.807, 2.05) is 36.4 Å².